The zero-order valence-corrected chi connectivity index (χ0v) is 17.5. The van der Waals surface area contributed by atoms with Gasteiger partial charge in [0.15, 0.2) is 0 Å². The van der Waals surface area contributed by atoms with Gasteiger partial charge in [0.25, 0.3) is 0 Å². The SMILES string of the molecule is CC1CCN(C(CNC(=O)N(CCO)Cc2ccsc2)c2cccs2)CC1. The third-order valence-corrected chi connectivity index (χ3v) is 6.89. The van der Waals surface area contributed by atoms with Crippen LogP contribution in [0.25, 0.3) is 0 Å². The number of aliphatic hydroxyl groups excluding tert-OH is 1. The number of aliphatic hydroxyl groups is 1. The monoisotopic (exact) mass is 407 g/mol. The van der Waals surface area contributed by atoms with E-state index in [2.05, 4.69) is 34.7 Å². The molecular weight excluding hydrogens is 378 g/mol. The lowest BCUT2D eigenvalue weighted by molar-refractivity contribution is 0.133. The van der Waals surface area contributed by atoms with E-state index in [4.69, 9.17) is 0 Å². The van der Waals surface area contributed by atoms with Crippen molar-refractivity contribution in [1.29, 1.82) is 0 Å². The van der Waals surface area contributed by atoms with Crippen molar-refractivity contribution in [2.24, 2.45) is 5.92 Å². The average molecular weight is 408 g/mol. The highest BCUT2D eigenvalue weighted by molar-refractivity contribution is 7.10. The molecule has 0 saturated carbocycles. The highest BCUT2D eigenvalue weighted by atomic mass is 32.1. The maximum absolute atomic E-state index is 12.8. The Kier molecular flexibility index (Phi) is 7.70. The molecule has 7 heteroatoms. The fourth-order valence-electron chi connectivity index (χ4n) is 3.50. The molecule has 5 nitrogen and oxygen atoms in total. The van der Waals surface area contributed by atoms with Crippen LogP contribution in [0.5, 0.6) is 0 Å². The van der Waals surface area contributed by atoms with Crippen molar-refractivity contribution in [2.75, 3.05) is 32.8 Å². The molecule has 2 amide bonds. The second-order valence-electron chi connectivity index (χ2n) is 7.21. The normalized spacial score (nSPS) is 17.0. The molecule has 1 unspecified atom stereocenters. The molecule has 2 aromatic heterocycles. The lowest BCUT2D eigenvalue weighted by atomic mass is 9.97. The molecule has 148 valence electrons. The molecule has 2 N–H and O–H groups in total. The topological polar surface area (TPSA) is 55.8 Å². The second-order valence-corrected chi connectivity index (χ2v) is 8.97. The minimum absolute atomic E-state index is 0.0318. The van der Waals surface area contributed by atoms with E-state index in [1.807, 2.05) is 16.8 Å². The van der Waals surface area contributed by atoms with Crippen LogP contribution in [-0.4, -0.2) is 53.7 Å². The van der Waals surface area contributed by atoms with E-state index in [0.717, 1.165) is 24.6 Å². The Morgan fingerprint density at radius 1 is 1.37 bits per heavy atom. The third kappa shape index (κ3) is 5.78. The number of urea groups is 1. The lowest BCUT2D eigenvalue weighted by Crippen LogP contribution is -2.46. The molecule has 3 heterocycles. The Hall–Kier alpha value is -1.41. The molecular formula is C20H29N3O2S2. The first kappa shape index (κ1) is 20.3. The molecule has 2 aromatic rings. The summed E-state index contributed by atoms with van der Waals surface area (Å²) < 4.78 is 0. The summed E-state index contributed by atoms with van der Waals surface area (Å²) in [6.07, 6.45) is 2.43. The number of nitrogens with zero attached hydrogens (tertiary/aromatic N) is 2. The summed E-state index contributed by atoms with van der Waals surface area (Å²) in [5.41, 5.74) is 1.10. The van der Waals surface area contributed by atoms with Gasteiger partial charge in [0.1, 0.15) is 0 Å². The van der Waals surface area contributed by atoms with Crippen molar-refractivity contribution in [3.63, 3.8) is 0 Å². The fourth-order valence-corrected chi connectivity index (χ4v) is 5.02. The first-order valence-electron chi connectivity index (χ1n) is 9.59. The number of piperidine rings is 1. The molecule has 1 aliphatic rings. The van der Waals surface area contributed by atoms with Gasteiger partial charge in [-0.3, -0.25) is 4.90 Å². The maximum Gasteiger partial charge on any atom is 0.317 e. The molecule has 0 aliphatic carbocycles. The highest BCUT2D eigenvalue weighted by Gasteiger charge is 2.26. The van der Waals surface area contributed by atoms with Gasteiger partial charge in [-0.25, -0.2) is 4.79 Å². The zero-order chi connectivity index (χ0) is 19.1. The van der Waals surface area contributed by atoms with Crippen molar-refractivity contribution >= 4 is 28.7 Å². The number of hydrogen-bond acceptors (Lipinski definition) is 5. The summed E-state index contributed by atoms with van der Waals surface area (Å²) in [5.74, 6) is 0.783. The van der Waals surface area contributed by atoms with Crippen molar-refractivity contribution < 1.29 is 9.90 Å². The second kappa shape index (κ2) is 10.2. The number of hydrogen-bond donors (Lipinski definition) is 2. The van der Waals surface area contributed by atoms with Crippen LogP contribution >= 0.6 is 22.7 Å². The van der Waals surface area contributed by atoms with Crippen LogP contribution in [0, 0.1) is 5.92 Å². The number of nitrogens with one attached hydrogen (secondary N) is 1. The van der Waals surface area contributed by atoms with Crippen molar-refractivity contribution in [3.8, 4) is 0 Å². The van der Waals surface area contributed by atoms with E-state index < -0.39 is 0 Å². The Bertz CT molecular complexity index is 667. The van der Waals surface area contributed by atoms with Gasteiger partial charge in [-0.2, -0.15) is 11.3 Å². The quantitative estimate of drug-likeness (QED) is 0.700. The van der Waals surface area contributed by atoms with Crippen LogP contribution in [0.4, 0.5) is 4.79 Å². The van der Waals surface area contributed by atoms with Gasteiger partial charge in [-0.05, 0) is 65.7 Å². The molecule has 1 atom stereocenters. The standard InChI is InChI=1S/C20H29N3O2S2/c1-16-4-7-22(8-5-16)18(19-3-2-11-27-19)13-21-20(25)23(9-10-24)14-17-6-12-26-15-17/h2-3,6,11-12,15-16,18,24H,4-5,7-10,13-14H2,1H3,(H,21,25). The summed E-state index contributed by atoms with van der Waals surface area (Å²) in [6, 6.07) is 6.37. The Morgan fingerprint density at radius 2 is 2.19 bits per heavy atom. The van der Waals surface area contributed by atoms with Gasteiger partial charge in [0.2, 0.25) is 0 Å². The molecule has 1 fully saturated rings. The first-order valence-corrected chi connectivity index (χ1v) is 11.4. The highest BCUT2D eigenvalue weighted by Crippen LogP contribution is 2.29. The summed E-state index contributed by atoms with van der Waals surface area (Å²) in [5, 5.41) is 18.6. The van der Waals surface area contributed by atoms with Gasteiger partial charge in [0.05, 0.1) is 12.6 Å². The van der Waals surface area contributed by atoms with Crippen LogP contribution in [-0.2, 0) is 6.54 Å². The zero-order valence-electron chi connectivity index (χ0n) is 15.8. The number of likely N-dealkylation sites (tertiary alicyclic amines) is 1. The minimum Gasteiger partial charge on any atom is -0.395 e. The maximum atomic E-state index is 12.8. The molecule has 27 heavy (non-hydrogen) atoms. The summed E-state index contributed by atoms with van der Waals surface area (Å²) in [4.78, 5) is 18.3. The molecule has 3 rings (SSSR count). The smallest absolute Gasteiger partial charge is 0.317 e. The number of carbonyl (C=O) groups is 1. The third-order valence-electron chi connectivity index (χ3n) is 5.19. The molecule has 0 spiro atoms. The van der Waals surface area contributed by atoms with E-state index in [0.29, 0.717) is 19.6 Å². The van der Waals surface area contributed by atoms with E-state index >= 15 is 0 Å². The predicted molar refractivity (Wildman–Crippen MR) is 112 cm³/mol. The Balaban J connectivity index is 1.62. The largest absolute Gasteiger partial charge is 0.395 e. The van der Waals surface area contributed by atoms with Crippen LogP contribution < -0.4 is 5.32 Å². The van der Waals surface area contributed by atoms with Crippen LogP contribution in [0.15, 0.2) is 34.3 Å². The Morgan fingerprint density at radius 3 is 2.81 bits per heavy atom. The van der Waals surface area contributed by atoms with Gasteiger partial charge in [-0.15, -0.1) is 11.3 Å². The molecule has 0 aromatic carbocycles. The summed E-state index contributed by atoms with van der Waals surface area (Å²) in [6.45, 7) is 5.91. The summed E-state index contributed by atoms with van der Waals surface area (Å²) in [7, 11) is 0. The first-order chi connectivity index (χ1) is 13.2. The fraction of sp³-hybridized carbons (Fsp3) is 0.550. The lowest BCUT2D eigenvalue weighted by Gasteiger charge is -2.36. The number of rotatable bonds is 8. The van der Waals surface area contributed by atoms with Gasteiger partial charge >= 0.3 is 6.03 Å². The molecule has 1 aliphatic heterocycles. The molecule has 0 radical (unpaired) electrons. The van der Waals surface area contributed by atoms with Gasteiger partial charge in [0, 0.05) is 24.5 Å². The number of carbonyl (C=O) groups excluding carboxylic acids is 1. The minimum atomic E-state index is -0.109. The predicted octanol–water partition coefficient (Wildman–Crippen LogP) is 3.79. The van der Waals surface area contributed by atoms with Gasteiger partial charge < -0.3 is 15.3 Å². The van der Waals surface area contributed by atoms with Crippen molar-refractivity contribution in [3.05, 3.63) is 44.8 Å². The van der Waals surface area contributed by atoms with E-state index in [1.54, 1.807) is 27.6 Å². The summed E-state index contributed by atoms with van der Waals surface area (Å²) >= 11 is 3.38. The number of amides is 2. The number of thiophene rings is 2. The van der Waals surface area contributed by atoms with E-state index in [1.165, 1.54) is 17.7 Å². The van der Waals surface area contributed by atoms with Gasteiger partial charge in [-0.1, -0.05) is 13.0 Å². The van der Waals surface area contributed by atoms with Crippen molar-refractivity contribution in [1.82, 2.24) is 15.1 Å². The van der Waals surface area contributed by atoms with E-state index in [-0.39, 0.29) is 18.7 Å². The molecule has 1 saturated heterocycles. The Labute approximate surface area is 169 Å². The van der Waals surface area contributed by atoms with Crippen LogP contribution in [0.2, 0.25) is 0 Å². The van der Waals surface area contributed by atoms with Crippen LogP contribution in [0.3, 0.4) is 0 Å². The van der Waals surface area contributed by atoms with Crippen LogP contribution in [0.1, 0.15) is 36.2 Å². The van der Waals surface area contributed by atoms with Crippen molar-refractivity contribution in [2.45, 2.75) is 32.4 Å². The average Bonchev–Trinajstić information content (AvgIpc) is 3.37. The van der Waals surface area contributed by atoms with E-state index in [9.17, 15) is 9.90 Å². The molecule has 0 bridgehead atoms.